The van der Waals surface area contributed by atoms with E-state index in [-0.39, 0.29) is 16.4 Å². The molecule has 1 heterocycles. The zero-order valence-corrected chi connectivity index (χ0v) is 8.66. The minimum absolute atomic E-state index is 0.143. The van der Waals surface area contributed by atoms with Crippen LogP contribution in [0.5, 0.6) is 5.75 Å². The summed E-state index contributed by atoms with van der Waals surface area (Å²) in [6.45, 7) is 0. The summed E-state index contributed by atoms with van der Waals surface area (Å²) in [6.07, 6.45) is 0. The van der Waals surface area contributed by atoms with Crippen molar-refractivity contribution in [1.82, 2.24) is 10.2 Å². The van der Waals surface area contributed by atoms with Crippen LogP contribution in [0.25, 0.3) is 0 Å². The van der Waals surface area contributed by atoms with Gasteiger partial charge in [-0.25, -0.2) is 4.39 Å². The van der Waals surface area contributed by atoms with Crippen LogP contribution in [-0.2, 0) is 0 Å². The molecule has 0 fully saturated rings. The second kappa shape index (κ2) is 4.23. The average Bonchev–Trinajstić information content (AvgIpc) is 2.74. The molecule has 1 aromatic heterocycles. The van der Waals surface area contributed by atoms with Gasteiger partial charge in [-0.05, 0) is 18.2 Å². The van der Waals surface area contributed by atoms with Crippen LogP contribution in [-0.4, -0.2) is 21.2 Å². The molecule has 0 radical (unpaired) electrons. The number of aromatic hydroxyl groups is 1. The summed E-state index contributed by atoms with van der Waals surface area (Å²) in [5, 5.41) is 19.2. The van der Waals surface area contributed by atoms with E-state index in [1.165, 1.54) is 5.51 Å². The van der Waals surface area contributed by atoms with Crippen LogP contribution < -0.4 is 5.32 Å². The minimum atomic E-state index is -0.631. The van der Waals surface area contributed by atoms with Crippen molar-refractivity contribution in [2.24, 2.45) is 0 Å². The van der Waals surface area contributed by atoms with Crippen molar-refractivity contribution in [2.45, 2.75) is 0 Å². The van der Waals surface area contributed by atoms with Gasteiger partial charge < -0.3 is 5.11 Å². The summed E-state index contributed by atoms with van der Waals surface area (Å²) in [7, 11) is 0. The summed E-state index contributed by atoms with van der Waals surface area (Å²) >= 11 is 1.13. The van der Waals surface area contributed by atoms with E-state index in [0.29, 0.717) is 0 Å². The van der Waals surface area contributed by atoms with Crippen LogP contribution in [0.15, 0.2) is 23.7 Å². The highest BCUT2D eigenvalue weighted by atomic mass is 32.1. The van der Waals surface area contributed by atoms with Crippen molar-refractivity contribution in [3.8, 4) is 5.75 Å². The van der Waals surface area contributed by atoms with Crippen LogP contribution in [0.1, 0.15) is 10.4 Å². The molecule has 0 aliphatic heterocycles. The van der Waals surface area contributed by atoms with Crippen molar-refractivity contribution in [2.75, 3.05) is 5.32 Å². The number of benzene rings is 1. The van der Waals surface area contributed by atoms with Crippen molar-refractivity contribution < 1.29 is 14.3 Å². The normalized spacial score (nSPS) is 10.1. The first-order chi connectivity index (χ1) is 7.66. The lowest BCUT2D eigenvalue weighted by Gasteiger charge is -2.03. The van der Waals surface area contributed by atoms with Crippen molar-refractivity contribution in [1.29, 1.82) is 0 Å². The van der Waals surface area contributed by atoms with Gasteiger partial charge in [-0.15, -0.1) is 10.2 Å². The van der Waals surface area contributed by atoms with Crippen LogP contribution in [0.2, 0.25) is 0 Å². The van der Waals surface area contributed by atoms with Gasteiger partial charge in [0.2, 0.25) is 5.13 Å². The number of rotatable bonds is 2. The highest BCUT2D eigenvalue weighted by Gasteiger charge is 2.13. The molecule has 2 aromatic rings. The van der Waals surface area contributed by atoms with E-state index in [4.69, 9.17) is 0 Å². The number of phenolic OH excluding ortho intramolecular Hbond substituents is 1. The Kier molecular flexibility index (Phi) is 2.78. The van der Waals surface area contributed by atoms with Gasteiger partial charge in [0, 0.05) is 0 Å². The smallest absolute Gasteiger partial charge is 0.261 e. The molecular weight excluding hydrogens is 233 g/mol. The third-order valence-corrected chi connectivity index (χ3v) is 2.39. The van der Waals surface area contributed by atoms with Crippen LogP contribution in [0.3, 0.4) is 0 Å². The molecule has 0 atom stereocenters. The number of hydrogen-bond donors (Lipinski definition) is 2. The molecule has 0 saturated carbocycles. The lowest BCUT2D eigenvalue weighted by Crippen LogP contribution is -2.12. The Morgan fingerprint density at radius 1 is 1.50 bits per heavy atom. The number of nitrogens with one attached hydrogen (secondary N) is 1. The largest absolute Gasteiger partial charge is 0.507 e. The van der Waals surface area contributed by atoms with E-state index in [1.54, 1.807) is 0 Å². The molecule has 2 N–H and O–H groups in total. The number of aromatic nitrogens is 2. The molecule has 0 unspecified atom stereocenters. The molecule has 0 saturated heterocycles. The third kappa shape index (κ3) is 2.14. The lowest BCUT2D eigenvalue weighted by molar-refractivity contribution is 0.102. The number of halogens is 1. The number of phenols is 1. The van der Waals surface area contributed by atoms with Gasteiger partial charge in [0.05, 0.1) is 5.56 Å². The zero-order valence-electron chi connectivity index (χ0n) is 7.85. The molecule has 7 heteroatoms. The molecule has 16 heavy (non-hydrogen) atoms. The van der Waals surface area contributed by atoms with E-state index in [0.717, 1.165) is 29.5 Å². The van der Waals surface area contributed by atoms with Gasteiger partial charge >= 0.3 is 0 Å². The van der Waals surface area contributed by atoms with Gasteiger partial charge in [-0.1, -0.05) is 11.3 Å². The number of amides is 1. The van der Waals surface area contributed by atoms with Gasteiger partial charge in [0.25, 0.3) is 5.91 Å². The molecular formula is C9H6FN3O2S. The van der Waals surface area contributed by atoms with E-state index in [9.17, 15) is 14.3 Å². The van der Waals surface area contributed by atoms with Crippen LogP contribution >= 0.6 is 11.3 Å². The highest BCUT2D eigenvalue weighted by Crippen LogP contribution is 2.19. The fraction of sp³-hybridized carbons (Fsp3) is 0. The van der Waals surface area contributed by atoms with E-state index < -0.39 is 11.7 Å². The summed E-state index contributed by atoms with van der Waals surface area (Å²) in [6, 6.07) is 3.13. The highest BCUT2D eigenvalue weighted by molar-refractivity contribution is 7.13. The van der Waals surface area contributed by atoms with Crippen molar-refractivity contribution in [3.63, 3.8) is 0 Å². The van der Waals surface area contributed by atoms with Gasteiger partial charge in [-0.3, -0.25) is 10.1 Å². The minimum Gasteiger partial charge on any atom is -0.507 e. The van der Waals surface area contributed by atoms with Crippen LogP contribution in [0.4, 0.5) is 9.52 Å². The molecule has 5 nitrogen and oxygen atoms in total. The SMILES string of the molecule is O=C(Nc1nncs1)c1cc(F)ccc1O. The quantitative estimate of drug-likeness (QED) is 0.835. The monoisotopic (exact) mass is 239 g/mol. The summed E-state index contributed by atoms with van der Waals surface area (Å²) in [4.78, 5) is 11.6. The molecule has 1 amide bonds. The molecule has 0 spiro atoms. The Morgan fingerprint density at radius 2 is 2.31 bits per heavy atom. The second-order valence-electron chi connectivity index (χ2n) is 2.86. The van der Waals surface area contributed by atoms with Gasteiger partial charge in [-0.2, -0.15) is 0 Å². The molecule has 0 bridgehead atoms. The molecule has 0 aliphatic rings. The molecule has 82 valence electrons. The number of carbonyl (C=O) groups is 1. The maximum Gasteiger partial charge on any atom is 0.261 e. The number of nitrogens with zero attached hydrogens (tertiary/aromatic N) is 2. The Balaban J connectivity index is 2.24. The average molecular weight is 239 g/mol. The second-order valence-corrected chi connectivity index (χ2v) is 3.69. The number of carbonyl (C=O) groups excluding carboxylic acids is 1. The topological polar surface area (TPSA) is 75.1 Å². The summed E-state index contributed by atoms with van der Waals surface area (Å²) in [5.74, 6) is -1.52. The summed E-state index contributed by atoms with van der Waals surface area (Å²) in [5.41, 5.74) is 1.30. The fourth-order valence-corrected chi connectivity index (χ4v) is 1.52. The number of hydrogen-bond acceptors (Lipinski definition) is 5. The predicted molar refractivity (Wildman–Crippen MR) is 55.9 cm³/mol. The van der Waals surface area contributed by atoms with E-state index >= 15 is 0 Å². The first-order valence-corrected chi connectivity index (χ1v) is 5.11. The van der Waals surface area contributed by atoms with Gasteiger partial charge in [0.15, 0.2) is 0 Å². The predicted octanol–water partition coefficient (Wildman–Crippen LogP) is 1.64. The zero-order chi connectivity index (χ0) is 11.5. The fourth-order valence-electron chi connectivity index (χ4n) is 1.08. The lowest BCUT2D eigenvalue weighted by atomic mass is 10.2. The molecule has 2 rings (SSSR count). The Morgan fingerprint density at radius 3 is 3.00 bits per heavy atom. The maximum atomic E-state index is 12.9. The van der Waals surface area contributed by atoms with E-state index in [1.807, 2.05) is 0 Å². The standard InChI is InChI=1S/C9H6FN3O2S/c10-5-1-2-7(14)6(3-5)8(15)12-9-13-11-4-16-9/h1-4,14H,(H,12,13,15). The Bertz CT molecular complexity index is 515. The van der Waals surface area contributed by atoms with E-state index in [2.05, 4.69) is 15.5 Å². The third-order valence-electron chi connectivity index (χ3n) is 1.78. The maximum absolute atomic E-state index is 12.9. The molecule has 1 aromatic carbocycles. The van der Waals surface area contributed by atoms with Crippen molar-refractivity contribution in [3.05, 3.63) is 35.1 Å². The number of anilines is 1. The van der Waals surface area contributed by atoms with Gasteiger partial charge in [0.1, 0.15) is 17.1 Å². The first kappa shape index (κ1) is 10.5. The first-order valence-electron chi connectivity index (χ1n) is 4.23. The Hall–Kier alpha value is -2.02. The molecule has 0 aliphatic carbocycles. The van der Waals surface area contributed by atoms with Crippen molar-refractivity contribution >= 4 is 22.4 Å². The Labute approximate surface area is 93.6 Å². The van der Waals surface area contributed by atoms with Crippen LogP contribution in [0, 0.1) is 5.82 Å². The summed E-state index contributed by atoms with van der Waals surface area (Å²) < 4.78 is 12.9.